The lowest BCUT2D eigenvalue weighted by molar-refractivity contribution is -0.183. The molecule has 0 aromatic heterocycles. The lowest BCUT2D eigenvalue weighted by Crippen LogP contribution is -2.62. The van der Waals surface area contributed by atoms with E-state index in [1.54, 1.807) is 0 Å². The predicted octanol–water partition coefficient (Wildman–Crippen LogP) is 2.26. The van der Waals surface area contributed by atoms with Gasteiger partial charge in [-0.15, -0.1) is 0 Å². The molecule has 0 saturated heterocycles. The molecule has 5 fully saturated rings. The Morgan fingerprint density at radius 1 is 0.417 bits per heavy atom. The maximum absolute atomic E-state index is 2.50. The molecule has 4 unspecified atom stereocenters. The molecule has 0 spiro atoms. The summed E-state index contributed by atoms with van der Waals surface area (Å²) in [4.78, 5) is 0. The van der Waals surface area contributed by atoms with Crippen molar-refractivity contribution in [3.05, 3.63) is 0 Å². The zero-order valence-electron chi connectivity index (χ0n) is 7.77. The number of hydrogen-bond acceptors (Lipinski definition) is 0. The van der Waals surface area contributed by atoms with E-state index in [9.17, 15) is 0 Å². The van der Waals surface area contributed by atoms with Crippen molar-refractivity contribution in [2.24, 2.45) is 59.2 Å². The van der Waals surface area contributed by atoms with Crippen molar-refractivity contribution in [3.8, 4) is 0 Å². The van der Waals surface area contributed by atoms with Crippen molar-refractivity contribution in [2.45, 2.75) is 13.8 Å². The van der Waals surface area contributed by atoms with Crippen molar-refractivity contribution in [1.29, 1.82) is 0 Å². The van der Waals surface area contributed by atoms with E-state index >= 15 is 0 Å². The summed E-state index contributed by atoms with van der Waals surface area (Å²) in [6.45, 7) is 5.00. The van der Waals surface area contributed by atoms with E-state index in [0.29, 0.717) is 0 Å². The molecule has 0 radical (unpaired) electrons. The minimum absolute atomic E-state index is 1.15. The summed E-state index contributed by atoms with van der Waals surface area (Å²) in [5.41, 5.74) is 0. The lowest BCUT2D eigenvalue weighted by Gasteiger charge is -2.65. The van der Waals surface area contributed by atoms with Gasteiger partial charge in [0, 0.05) is 0 Å². The topological polar surface area (TPSA) is 0 Å². The molecule has 0 aromatic rings. The Labute approximate surface area is 73.7 Å². The largest absolute Gasteiger partial charge is 0.0619 e. The van der Waals surface area contributed by atoms with Crippen LogP contribution in [0.4, 0.5) is 0 Å². The fourth-order valence-electron chi connectivity index (χ4n) is 6.12. The number of rotatable bonds is 0. The van der Waals surface area contributed by atoms with Crippen molar-refractivity contribution >= 4 is 0 Å². The molecule has 0 aromatic carbocycles. The third-order valence-electron chi connectivity index (χ3n) is 6.59. The molecule has 5 saturated carbocycles. The molecule has 0 nitrogen and oxygen atoms in total. The third kappa shape index (κ3) is 0.300. The van der Waals surface area contributed by atoms with Gasteiger partial charge in [0.25, 0.3) is 0 Å². The van der Waals surface area contributed by atoms with E-state index in [1.807, 2.05) is 0 Å². The van der Waals surface area contributed by atoms with Crippen LogP contribution in [0.2, 0.25) is 0 Å². The maximum Gasteiger partial charge on any atom is -0.0312 e. The normalized spacial score (nSPS) is 90.5. The van der Waals surface area contributed by atoms with Gasteiger partial charge in [0.15, 0.2) is 0 Å². The van der Waals surface area contributed by atoms with Gasteiger partial charge in [0.2, 0.25) is 0 Å². The van der Waals surface area contributed by atoms with E-state index in [0.717, 1.165) is 11.8 Å². The van der Waals surface area contributed by atoms with Gasteiger partial charge >= 0.3 is 0 Å². The van der Waals surface area contributed by atoms with Crippen LogP contribution in [-0.2, 0) is 0 Å². The molecule has 5 rings (SSSR count). The Morgan fingerprint density at radius 2 is 0.667 bits per heavy atom. The minimum atomic E-state index is 1.15. The molecular weight excluding hydrogens is 144 g/mol. The second-order valence-corrected chi connectivity index (χ2v) is 6.34. The molecular formula is C12H16. The zero-order valence-corrected chi connectivity index (χ0v) is 7.77. The van der Waals surface area contributed by atoms with E-state index in [4.69, 9.17) is 0 Å². The summed E-state index contributed by atoms with van der Waals surface area (Å²) < 4.78 is 0. The summed E-state index contributed by atoms with van der Waals surface area (Å²) >= 11 is 0. The average Bonchev–Trinajstić information content (AvgIpc) is 2.75. The van der Waals surface area contributed by atoms with E-state index in [2.05, 4.69) is 13.8 Å². The maximum atomic E-state index is 2.50. The van der Waals surface area contributed by atoms with Gasteiger partial charge in [0.05, 0.1) is 0 Å². The molecule has 5 aliphatic rings. The zero-order chi connectivity index (χ0) is 7.77. The van der Waals surface area contributed by atoms with Crippen LogP contribution >= 0.6 is 0 Å². The van der Waals surface area contributed by atoms with Gasteiger partial charge in [-0.05, 0) is 59.2 Å². The fourth-order valence-corrected chi connectivity index (χ4v) is 6.12. The first-order chi connectivity index (χ1) is 5.82. The van der Waals surface area contributed by atoms with Gasteiger partial charge in [-0.25, -0.2) is 0 Å². The fraction of sp³-hybridized carbons (Fsp3) is 1.00. The van der Waals surface area contributed by atoms with Crippen LogP contribution in [0.15, 0.2) is 0 Å². The van der Waals surface area contributed by atoms with Crippen LogP contribution in [0.25, 0.3) is 0 Å². The van der Waals surface area contributed by atoms with Crippen LogP contribution in [0.5, 0.6) is 0 Å². The van der Waals surface area contributed by atoms with Gasteiger partial charge < -0.3 is 0 Å². The van der Waals surface area contributed by atoms with E-state index < -0.39 is 0 Å². The van der Waals surface area contributed by atoms with E-state index in [-0.39, 0.29) is 0 Å². The van der Waals surface area contributed by atoms with E-state index in [1.165, 1.54) is 47.3 Å². The molecule has 12 heavy (non-hydrogen) atoms. The van der Waals surface area contributed by atoms with Gasteiger partial charge in [-0.3, -0.25) is 0 Å². The third-order valence-corrected chi connectivity index (χ3v) is 6.59. The predicted molar refractivity (Wildman–Crippen MR) is 46.2 cm³/mol. The number of hydrogen-bond donors (Lipinski definition) is 0. The summed E-state index contributed by atoms with van der Waals surface area (Å²) in [6.07, 6.45) is 0. The Morgan fingerprint density at radius 3 is 0.917 bits per heavy atom. The van der Waals surface area contributed by atoms with Crippen LogP contribution in [0.1, 0.15) is 13.8 Å². The Balaban J connectivity index is 1.55. The highest BCUT2D eigenvalue weighted by Crippen LogP contribution is 2.91. The first-order valence-electron chi connectivity index (χ1n) is 5.82. The van der Waals surface area contributed by atoms with Crippen molar-refractivity contribution in [1.82, 2.24) is 0 Å². The molecule has 5 aliphatic carbocycles. The summed E-state index contributed by atoms with van der Waals surface area (Å²) in [7, 11) is 0. The second kappa shape index (κ2) is 1.22. The summed E-state index contributed by atoms with van der Waals surface area (Å²) in [5.74, 6) is 12.3. The van der Waals surface area contributed by atoms with Crippen LogP contribution in [0, 0.1) is 59.2 Å². The monoisotopic (exact) mass is 160 g/mol. The molecule has 0 amide bonds. The smallest absolute Gasteiger partial charge is 0.0312 e. The lowest BCUT2D eigenvalue weighted by atomic mass is 9.39. The quantitative estimate of drug-likeness (QED) is 0.477. The number of fused-ring (bicyclic) bond motifs is 10. The highest BCUT2D eigenvalue weighted by atomic mass is 14.9. The Kier molecular flexibility index (Phi) is 0.578. The Hall–Kier alpha value is 0. The van der Waals surface area contributed by atoms with Gasteiger partial charge in [-0.1, -0.05) is 13.8 Å². The summed E-state index contributed by atoms with van der Waals surface area (Å²) in [6, 6.07) is 0. The van der Waals surface area contributed by atoms with Crippen molar-refractivity contribution in [3.63, 3.8) is 0 Å². The van der Waals surface area contributed by atoms with Crippen LogP contribution in [0.3, 0.4) is 0 Å². The second-order valence-electron chi connectivity index (χ2n) is 6.34. The Bertz CT molecular complexity index is 228. The van der Waals surface area contributed by atoms with Crippen molar-refractivity contribution < 1.29 is 0 Å². The van der Waals surface area contributed by atoms with Crippen molar-refractivity contribution in [2.75, 3.05) is 0 Å². The van der Waals surface area contributed by atoms with Gasteiger partial charge in [0.1, 0.15) is 0 Å². The first-order valence-corrected chi connectivity index (χ1v) is 5.82. The van der Waals surface area contributed by atoms with Crippen LogP contribution < -0.4 is 0 Å². The molecule has 64 valence electrons. The van der Waals surface area contributed by atoms with Crippen LogP contribution in [-0.4, -0.2) is 0 Å². The molecule has 0 heterocycles. The van der Waals surface area contributed by atoms with Gasteiger partial charge in [-0.2, -0.15) is 0 Å². The molecule has 4 atom stereocenters. The molecule has 0 bridgehead atoms. The summed E-state index contributed by atoms with van der Waals surface area (Å²) in [5, 5.41) is 0. The average molecular weight is 160 g/mol. The minimum Gasteiger partial charge on any atom is -0.0619 e. The molecule has 0 heteroatoms. The molecule has 0 N–H and O–H groups in total. The standard InChI is InChI=1S/C12H16/c1-3-5-6(3)10-9(5)11-7-4(2)8(7)12(10)11/h3-12H,1-2H3. The SMILES string of the molecule is CC1C2C1C1C2C2C3C(C)C3C12. The highest BCUT2D eigenvalue weighted by Gasteiger charge is 2.87. The molecule has 0 aliphatic heterocycles. The highest BCUT2D eigenvalue weighted by molar-refractivity contribution is 5.34. The first kappa shape index (κ1) is 5.67.